The van der Waals surface area contributed by atoms with Gasteiger partial charge in [0.15, 0.2) is 0 Å². The molecule has 1 aromatic heterocycles. The normalized spacial score (nSPS) is 18.3. The summed E-state index contributed by atoms with van der Waals surface area (Å²) in [5, 5.41) is 13.5. The van der Waals surface area contributed by atoms with E-state index in [2.05, 4.69) is 22.2 Å². The highest BCUT2D eigenvalue weighted by Gasteiger charge is 2.30. The van der Waals surface area contributed by atoms with Gasteiger partial charge in [-0.1, -0.05) is 19.8 Å². The van der Waals surface area contributed by atoms with Gasteiger partial charge in [-0.25, -0.2) is 9.97 Å². The molecular weight excluding hydrogens is 214 g/mol. The third-order valence-corrected chi connectivity index (χ3v) is 3.39. The molecule has 0 radical (unpaired) electrons. The molecule has 0 atom stereocenters. The lowest BCUT2D eigenvalue weighted by Gasteiger charge is -2.22. The molecule has 4 nitrogen and oxygen atoms in total. The Morgan fingerprint density at radius 2 is 2.06 bits per heavy atom. The first-order chi connectivity index (χ1) is 8.11. The van der Waals surface area contributed by atoms with Gasteiger partial charge in [0.25, 0.3) is 0 Å². The van der Waals surface area contributed by atoms with Gasteiger partial charge >= 0.3 is 0 Å². The van der Waals surface area contributed by atoms with Crippen molar-refractivity contribution in [3.63, 3.8) is 0 Å². The zero-order valence-corrected chi connectivity index (χ0v) is 10.7. The van der Waals surface area contributed by atoms with E-state index in [9.17, 15) is 5.11 Å². The van der Waals surface area contributed by atoms with Crippen LogP contribution in [-0.4, -0.2) is 27.2 Å². The van der Waals surface area contributed by atoms with Gasteiger partial charge in [0, 0.05) is 18.3 Å². The number of nitrogens with zero attached hydrogens (tertiary/aromatic N) is 2. The van der Waals surface area contributed by atoms with E-state index in [1.807, 2.05) is 13.0 Å². The summed E-state index contributed by atoms with van der Waals surface area (Å²) in [6.45, 7) is 4.57. The van der Waals surface area contributed by atoms with Crippen LogP contribution in [0.4, 0.5) is 5.82 Å². The van der Waals surface area contributed by atoms with Crippen LogP contribution in [0.2, 0.25) is 0 Å². The second kappa shape index (κ2) is 5.00. The van der Waals surface area contributed by atoms with Crippen molar-refractivity contribution in [1.29, 1.82) is 0 Å². The van der Waals surface area contributed by atoms with E-state index in [0.717, 1.165) is 49.4 Å². The van der Waals surface area contributed by atoms with Gasteiger partial charge in [0.05, 0.1) is 5.60 Å². The summed E-state index contributed by atoms with van der Waals surface area (Å²) in [5.41, 5.74) is 0.504. The van der Waals surface area contributed by atoms with Gasteiger partial charge < -0.3 is 10.4 Å². The molecule has 2 N–H and O–H groups in total. The summed E-state index contributed by atoms with van der Waals surface area (Å²) in [5.74, 6) is 1.61. The molecule has 1 saturated carbocycles. The lowest BCUT2D eigenvalue weighted by atomic mass is 10.0. The Balaban J connectivity index is 2.00. The predicted molar refractivity (Wildman–Crippen MR) is 68.1 cm³/mol. The van der Waals surface area contributed by atoms with E-state index in [1.165, 1.54) is 0 Å². The Morgan fingerprint density at radius 3 is 2.71 bits per heavy atom. The molecule has 0 bridgehead atoms. The third-order valence-electron chi connectivity index (χ3n) is 3.39. The van der Waals surface area contributed by atoms with Crippen LogP contribution in [0.25, 0.3) is 0 Å². The standard InChI is InChI=1S/C13H21N3O/c1-3-11-8-12(16-10(2)15-11)14-9-13(17)6-4-5-7-13/h8,17H,3-7,9H2,1-2H3,(H,14,15,16). The summed E-state index contributed by atoms with van der Waals surface area (Å²) >= 11 is 0. The van der Waals surface area contributed by atoms with Gasteiger partial charge in [-0.2, -0.15) is 0 Å². The first-order valence-electron chi connectivity index (χ1n) is 6.42. The Bertz CT molecular complexity index is 386. The van der Waals surface area contributed by atoms with Crippen molar-refractivity contribution in [2.45, 2.75) is 51.6 Å². The molecule has 1 fully saturated rings. The predicted octanol–water partition coefficient (Wildman–Crippen LogP) is 2.06. The fraction of sp³-hybridized carbons (Fsp3) is 0.692. The maximum Gasteiger partial charge on any atom is 0.130 e. The number of hydrogen-bond donors (Lipinski definition) is 2. The average Bonchev–Trinajstić information content (AvgIpc) is 2.73. The van der Waals surface area contributed by atoms with E-state index in [4.69, 9.17) is 0 Å². The molecule has 0 saturated heterocycles. The highest BCUT2D eigenvalue weighted by Crippen LogP contribution is 2.29. The van der Waals surface area contributed by atoms with Crippen molar-refractivity contribution in [3.8, 4) is 0 Å². The molecule has 0 unspecified atom stereocenters. The summed E-state index contributed by atoms with van der Waals surface area (Å²) in [7, 11) is 0. The quantitative estimate of drug-likeness (QED) is 0.838. The summed E-state index contributed by atoms with van der Waals surface area (Å²) < 4.78 is 0. The molecule has 0 amide bonds. The van der Waals surface area contributed by atoms with E-state index in [-0.39, 0.29) is 0 Å². The van der Waals surface area contributed by atoms with Crippen LogP contribution < -0.4 is 5.32 Å². The molecule has 1 heterocycles. The molecule has 0 spiro atoms. The van der Waals surface area contributed by atoms with E-state index >= 15 is 0 Å². The first kappa shape index (κ1) is 12.3. The van der Waals surface area contributed by atoms with E-state index in [0.29, 0.717) is 6.54 Å². The first-order valence-corrected chi connectivity index (χ1v) is 6.42. The molecule has 1 aliphatic rings. The largest absolute Gasteiger partial charge is 0.388 e. The molecule has 2 rings (SSSR count). The summed E-state index contributed by atoms with van der Waals surface area (Å²) in [6.07, 6.45) is 4.94. The van der Waals surface area contributed by atoms with Crippen molar-refractivity contribution < 1.29 is 5.11 Å². The number of hydrogen-bond acceptors (Lipinski definition) is 4. The van der Waals surface area contributed by atoms with E-state index in [1.54, 1.807) is 0 Å². The van der Waals surface area contributed by atoms with Crippen molar-refractivity contribution in [1.82, 2.24) is 9.97 Å². The second-order valence-electron chi connectivity index (χ2n) is 4.93. The number of rotatable bonds is 4. The smallest absolute Gasteiger partial charge is 0.130 e. The van der Waals surface area contributed by atoms with Gasteiger partial charge in [-0.05, 0) is 26.2 Å². The Hall–Kier alpha value is -1.16. The minimum atomic E-state index is -0.536. The topological polar surface area (TPSA) is 58.0 Å². The van der Waals surface area contributed by atoms with Crippen LogP contribution in [0, 0.1) is 6.92 Å². The monoisotopic (exact) mass is 235 g/mol. The van der Waals surface area contributed by atoms with Crippen molar-refractivity contribution in [2.24, 2.45) is 0 Å². The lowest BCUT2D eigenvalue weighted by molar-refractivity contribution is 0.0614. The fourth-order valence-electron chi connectivity index (χ4n) is 2.37. The molecule has 0 aromatic carbocycles. The fourth-order valence-corrected chi connectivity index (χ4v) is 2.37. The Morgan fingerprint density at radius 1 is 1.35 bits per heavy atom. The average molecular weight is 235 g/mol. The molecular formula is C13H21N3O. The van der Waals surface area contributed by atoms with E-state index < -0.39 is 5.60 Å². The van der Waals surface area contributed by atoms with Crippen LogP contribution in [-0.2, 0) is 6.42 Å². The number of aryl methyl sites for hydroxylation is 2. The Labute approximate surface area is 102 Å². The molecule has 1 aliphatic carbocycles. The number of aromatic nitrogens is 2. The molecule has 1 aromatic rings. The molecule has 94 valence electrons. The maximum absolute atomic E-state index is 10.2. The molecule has 0 aliphatic heterocycles. The van der Waals surface area contributed by atoms with Crippen LogP contribution in [0.5, 0.6) is 0 Å². The van der Waals surface area contributed by atoms with Gasteiger partial charge in [-0.15, -0.1) is 0 Å². The molecule has 17 heavy (non-hydrogen) atoms. The zero-order valence-electron chi connectivity index (χ0n) is 10.7. The highest BCUT2D eigenvalue weighted by molar-refractivity contribution is 5.36. The highest BCUT2D eigenvalue weighted by atomic mass is 16.3. The van der Waals surface area contributed by atoms with Crippen LogP contribution in [0.3, 0.4) is 0 Å². The van der Waals surface area contributed by atoms with Crippen LogP contribution in [0.1, 0.15) is 44.1 Å². The van der Waals surface area contributed by atoms with Crippen molar-refractivity contribution in [3.05, 3.63) is 17.6 Å². The third kappa shape index (κ3) is 3.16. The number of aliphatic hydroxyl groups is 1. The number of nitrogens with one attached hydrogen (secondary N) is 1. The molecule has 4 heteroatoms. The van der Waals surface area contributed by atoms with Crippen LogP contribution >= 0.6 is 0 Å². The minimum Gasteiger partial charge on any atom is -0.388 e. The summed E-state index contributed by atoms with van der Waals surface area (Å²) in [6, 6.07) is 1.96. The van der Waals surface area contributed by atoms with Gasteiger partial charge in [0.1, 0.15) is 11.6 Å². The van der Waals surface area contributed by atoms with Crippen molar-refractivity contribution in [2.75, 3.05) is 11.9 Å². The summed E-state index contributed by atoms with van der Waals surface area (Å²) in [4.78, 5) is 8.68. The van der Waals surface area contributed by atoms with Crippen molar-refractivity contribution >= 4 is 5.82 Å². The maximum atomic E-state index is 10.2. The second-order valence-corrected chi connectivity index (χ2v) is 4.93. The SMILES string of the molecule is CCc1cc(NCC2(O)CCCC2)nc(C)n1. The zero-order chi connectivity index (χ0) is 12.3. The van der Waals surface area contributed by atoms with Gasteiger partial charge in [-0.3, -0.25) is 0 Å². The minimum absolute atomic E-state index is 0.536. The number of anilines is 1. The van der Waals surface area contributed by atoms with Gasteiger partial charge in [0.2, 0.25) is 0 Å². The lowest BCUT2D eigenvalue weighted by Crippen LogP contribution is -2.33. The van der Waals surface area contributed by atoms with Crippen LogP contribution in [0.15, 0.2) is 6.07 Å². The Kier molecular flexibility index (Phi) is 3.62.